The molecule has 0 amide bonds. The Kier molecular flexibility index (Phi) is 2.54. The summed E-state index contributed by atoms with van der Waals surface area (Å²) in [6.07, 6.45) is 4.74. The minimum atomic E-state index is -0.286. The molecule has 1 aromatic heterocycles. The Hall–Kier alpha value is -1.29. The summed E-state index contributed by atoms with van der Waals surface area (Å²) in [5.74, 6) is -0.286. The Bertz CT molecular complexity index is 445. The van der Waals surface area contributed by atoms with Crippen molar-refractivity contribution in [3.8, 4) is 11.1 Å². The van der Waals surface area contributed by atoms with Gasteiger partial charge in [-0.25, -0.2) is 14.4 Å². The van der Waals surface area contributed by atoms with Gasteiger partial charge < -0.3 is 0 Å². The van der Waals surface area contributed by atoms with Gasteiger partial charge in [0, 0.05) is 18.0 Å². The topological polar surface area (TPSA) is 25.8 Å². The van der Waals surface area contributed by atoms with Crippen molar-refractivity contribution >= 4 is 15.9 Å². The normalized spacial score (nSPS) is 10.1. The summed E-state index contributed by atoms with van der Waals surface area (Å²) in [4.78, 5) is 7.74. The Morgan fingerprint density at radius 3 is 2.43 bits per heavy atom. The van der Waals surface area contributed by atoms with Gasteiger partial charge in [0.15, 0.2) is 0 Å². The van der Waals surface area contributed by atoms with E-state index >= 15 is 0 Å². The average Bonchev–Trinajstić information content (AvgIpc) is 2.23. The van der Waals surface area contributed by atoms with Crippen LogP contribution in [0.25, 0.3) is 11.1 Å². The molecule has 4 heteroatoms. The lowest BCUT2D eigenvalue weighted by atomic mass is 10.1. The fourth-order valence-electron chi connectivity index (χ4n) is 1.12. The number of rotatable bonds is 1. The molecular weight excluding hydrogens is 247 g/mol. The molecule has 0 aliphatic carbocycles. The second-order valence-corrected chi connectivity index (χ2v) is 3.61. The molecular formula is C10H6BrFN2. The summed E-state index contributed by atoms with van der Waals surface area (Å²) in [6.45, 7) is 0. The first-order valence-electron chi connectivity index (χ1n) is 3.98. The highest BCUT2D eigenvalue weighted by atomic mass is 79.9. The van der Waals surface area contributed by atoms with Crippen molar-refractivity contribution in [1.29, 1.82) is 0 Å². The Morgan fingerprint density at radius 1 is 1.07 bits per heavy atom. The highest BCUT2D eigenvalue weighted by Gasteiger charge is 2.02. The van der Waals surface area contributed by atoms with E-state index in [4.69, 9.17) is 0 Å². The zero-order chi connectivity index (χ0) is 9.97. The standard InChI is InChI=1S/C10H6BrFN2/c11-9-2-1-7(3-10(9)12)8-4-13-6-14-5-8/h1-6H. The maximum absolute atomic E-state index is 13.2. The Labute approximate surface area is 89.0 Å². The monoisotopic (exact) mass is 252 g/mol. The van der Waals surface area contributed by atoms with Gasteiger partial charge in [-0.05, 0) is 33.6 Å². The molecule has 2 aromatic rings. The predicted octanol–water partition coefficient (Wildman–Crippen LogP) is 3.05. The first-order valence-corrected chi connectivity index (χ1v) is 4.77. The third kappa shape index (κ3) is 1.80. The van der Waals surface area contributed by atoms with Gasteiger partial charge in [0.1, 0.15) is 12.1 Å². The van der Waals surface area contributed by atoms with E-state index in [1.54, 1.807) is 18.5 Å². The number of benzene rings is 1. The van der Waals surface area contributed by atoms with E-state index in [2.05, 4.69) is 25.9 Å². The number of hydrogen-bond donors (Lipinski definition) is 0. The average molecular weight is 253 g/mol. The second kappa shape index (κ2) is 3.84. The van der Waals surface area contributed by atoms with Crippen molar-refractivity contribution in [3.63, 3.8) is 0 Å². The van der Waals surface area contributed by atoms with E-state index in [9.17, 15) is 4.39 Å². The van der Waals surface area contributed by atoms with Crippen molar-refractivity contribution in [3.05, 3.63) is 47.2 Å². The fraction of sp³-hybridized carbons (Fsp3) is 0. The van der Waals surface area contributed by atoms with E-state index in [0.717, 1.165) is 11.1 Å². The van der Waals surface area contributed by atoms with Crippen LogP contribution in [0.5, 0.6) is 0 Å². The molecule has 0 atom stereocenters. The lowest BCUT2D eigenvalue weighted by Crippen LogP contribution is -1.84. The lowest BCUT2D eigenvalue weighted by molar-refractivity contribution is 0.621. The van der Waals surface area contributed by atoms with Crippen LogP contribution >= 0.6 is 15.9 Å². The van der Waals surface area contributed by atoms with Crippen LogP contribution in [0.3, 0.4) is 0 Å². The molecule has 0 radical (unpaired) electrons. The summed E-state index contributed by atoms with van der Waals surface area (Å²) in [6, 6.07) is 4.92. The molecule has 0 fully saturated rings. The molecule has 0 bridgehead atoms. The minimum absolute atomic E-state index is 0.286. The van der Waals surface area contributed by atoms with Crippen LogP contribution in [0.15, 0.2) is 41.4 Å². The van der Waals surface area contributed by atoms with Gasteiger partial charge in [0.2, 0.25) is 0 Å². The van der Waals surface area contributed by atoms with Gasteiger partial charge in [-0.3, -0.25) is 0 Å². The van der Waals surface area contributed by atoms with Crippen LogP contribution in [-0.4, -0.2) is 9.97 Å². The molecule has 2 nitrogen and oxygen atoms in total. The molecule has 0 aliphatic heterocycles. The van der Waals surface area contributed by atoms with Gasteiger partial charge in [0.25, 0.3) is 0 Å². The van der Waals surface area contributed by atoms with Crippen molar-refractivity contribution in [2.75, 3.05) is 0 Å². The summed E-state index contributed by atoms with van der Waals surface area (Å²) in [5.41, 5.74) is 1.57. The third-order valence-electron chi connectivity index (χ3n) is 1.81. The quantitative estimate of drug-likeness (QED) is 0.780. The van der Waals surface area contributed by atoms with Crippen molar-refractivity contribution < 1.29 is 4.39 Å². The van der Waals surface area contributed by atoms with Gasteiger partial charge in [-0.1, -0.05) is 6.07 Å². The molecule has 0 saturated carbocycles. The highest BCUT2D eigenvalue weighted by Crippen LogP contribution is 2.23. The van der Waals surface area contributed by atoms with E-state index in [1.807, 2.05) is 6.07 Å². The number of aromatic nitrogens is 2. The van der Waals surface area contributed by atoms with Gasteiger partial charge in [-0.15, -0.1) is 0 Å². The smallest absolute Gasteiger partial charge is 0.137 e. The van der Waals surface area contributed by atoms with Gasteiger partial charge >= 0.3 is 0 Å². The molecule has 14 heavy (non-hydrogen) atoms. The molecule has 70 valence electrons. The minimum Gasteiger partial charge on any atom is -0.244 e. The largest absolute Gasteiger partial charge is 0.244 e. The molecule has 0 spiro atoms. The SMILES string of the molecule is Fc1cc(-c2cncnc2)ccc1Br. The second-order valence-electron chi connectivity index (χ2n) is 2.76. The lowest BCUT2D eigenvalue weighted by Gasteiger charge is -2.00. The van der Waals surface area contributed by atoms with Crippen molar-refractivity contribution in [2.45, 2.75) is 0 Å². The molecule has 1 heterocycles. The first-order chi connectivity index (χ1) is 6.77. The van der Waals surface area contributed by atoms with Crippen LogP contribution in [0.4, 0.5) is 4.39 Å². The molecule has 0 saturated heterocycles. The van der Waals surface area contributed by atoms with Crippen LogP contribution in [-0.2, 0) is 0 Å². The molecule has 0 unspecified atom stereocenters. The molecule has 0 N–H and O–H groups in total. The Morgan fingerprint density at radius 2 is 1.79 bits per heavy atom. The summed E-state index contributed by atoms with van der Waals surface area (Å²) in [5, 5.41) is 0. The Balaban J connectivity index is 2.48. The first kappa shape index (κ1) is 9.27. The van der Waals surface area contributed by atoms with Gasteiger partial charge in [0.05, 0.1) is 4.47 Å². The predicted molar refractivity (Wildman–Crippen MR) is 55.1 cm³/mol. The van der Waals surface area contributed by atoms with Gasteiger partial charge in [-0.2, -0.15) is 0 Å². The van der Waals surface area contributed by atoms with E-state index in [0.29, 0.717) is 4.47 Å². The fourth-order valence-corrected chi connectivity index (χ4v) is 1.37. The zero-order valence-electron chi connectivity index (χ0n) is 7.11. The zero-order valence-corrected chi connectivity index (χ0v) is 8.70. The van der Waals surface area contributed by atoms with E-state index < -0.39 is 0 Å². The summed E-state index contributed by atoms with van der Waals surface area (Å²) < 4.78 is 13.6. The third-order valence-corrected chi connectivity index (χ3v) is 2.46. The highest BCUT2D eigenvalue weighted by molar-refractivity contribution is 9.10. The number of hydrogen-bond acceptors (Lipinski definition) is 2. The number of nitrogens with zero attached hydrogens (tertiary/aromatic N) is 2. The number of halogens is 2. The van der Waals surface area contributed by atoms with Crippen LogP contribution < -0.4 is 0 Å². The summed E-state index contributed by atoms with van der Waals surface area (Å²) in [7, 11) is 0. The van der Waals surface area contributed by atoms with Crippen molar-refractivity contribution in [1.82, 2.24) is 9.97 Å². The summed E-state index contributed by atoms with van der Waals surface area (Å²) >= 11 is 3.10. The van der Waals surface area contributed by atoms with E-state index in [-0.39, 0.29) is 5.82 Å². The van der Waals surface area contributed by atoms with E-state index in [1.165, 1.54) is 12.4 Å². The molecule has 2 rings (SSSR count). The maximum Gasteiger partial charge on any atom is 0.137 e. The molecule has 0 aliphatic rings. The van der Waals surface area contributed by atoms with Crippen LogP contribution in [0, 0.1) is 5.82 Å². The molecule has 1 aromatic carbocycles. The van der Waals surface area contributed by atoms with Crippen LogP contribution in [0.2, 0.25) is 0 Å². The maximum atomic E-state index is 13.2. The van der Waals surface area contributed by atoms with Crippen molar-refractivity contribution in [2.24, 2.45) is 0 Å². The van der Waals surface area contributed by atoms with Crippen LogP contribution in [0.1, 0.15) is 0 Å².